The van der Waals surface area contributed by atoms with E-state index < -0.39 is 0 Å². The standard InChI is InChI=1S/C32H47NO2/c1-21(33-29(35)16-11-22-9-7-6-8-10-22)23-17-19-31(4)24(23)12-13-26-25(31)14-15-27-30(2,3)28(34)18-20-32(26,27)5/h6-11,16,21,23-28,34H,12-15,17-20H2,1-5H3,(H,33,35)/b16-11+/t21-,23+,24+,25+,26-,27-,28-,31+,32+/m0/s1. The first-order valence-electron chi connectivity index (χ1n) is 14.3. The van der Waals surface area contributed by atoms with Crippen LogP contribution in [0.2, 0.25) is 0 Å². The van der Waals surface area contributed by atoms with Crippen molar-refractivity contribution in [2.24, 2.45) is 45.8 Å². The van der Waals surface area contributed by atoms with Crippen LogP contribution in [0.5, 0.6) is 0 Å². The molecular formula is C32H47NO2. The van der Waals surface area contributed by atoms with Gasteiger partial charge in [-0.25, -0.2) is 0 Å². The Balaban J connectivity index is 1.28. The van der Waals surface area contributed by atoms with Crippen molar-refractivity contribution in [2.45, 2.75) is 98.1 Å². The summed E-state index contributed by atoms with van der Waals surface area (Å²) in [7, 11) is 0. The highest BCUT2D eigenvalue weighted by molar-refractivity contribution is 5.91. The topological polar surface area (TPSA) is 49.3 Å². The lowest BCUT2D eigenvalue weighted by atomic mass is 9.40. The second-order valence-corrected chi connectivity index (χ2v) is 13.7. The van der Waals surface area contributed by atoms with E-state index in [1.807, 2.05) is 36.4 Å². The second kappa shape index (κ2) is 9.05. The van der Waals surface area contributed by atoms with E-state index in [-0.39, 0.29) is 23.5 Å². The summed E-state index contributed by atoms with van der Waals surface area (Å²) in [6, 6.07) is 10.3. The lowest BCUT2D eigenvalue weighted by Gasteiger charge is -2.65. The molecule has 192 valence electrons. The number of aliphatic hydroxyl groups excluding tert-OH is 1. The van der Waals surface area contributed by atoms with Crippen LogP contribution in [0, 0.1) is 45.8 Å². The maximum atomic E-state index is 12.7. The summed E-state index contributed by atoms with van der Waals surface area (Å²) in [6.07, 6.45) is 13.4. The van der Waals surface area contributed by atoms with E-state index in [1.165, 1.54) is 44.9 Å². The van der Waals surface area contributed by atoms with Gasteiger partial charge in [0.25, 0.3) is 0 Å². The molecule has 0 aliphatic heterocycles. The van der Waals surface area contributed by atoms with Gasteiger partial charge in [-0.2, -0.15) is 0 Å². The van der Waals surface area contributed by atoms with Crippen molar-refractivity contribution in [2.75, 3.05) is 0 Å². The Morgan fingerprint density at radius 1 is 0.914 bits per heavy atom. The van der Waals surface area contributed by atoms with Crippen LogP contribution < -0.4 is 5.32 Å². The van der Waals surface area contributed by atoms with E-state index in [0.717, 1.165) is 23.8 Å². The van der Waals surface area contributed by atoms with Crippen LogP contribution in [0.4, 0.5) is 0 Å². The lowest BCUT2D eigenvalue weighted by Crippen LogP contribution is -2.60. The summed E-state index contributed by atoms with van der Waals surface area (Å²) < 4.78 is 0. The van der Waals surface area contributed by atoms with Gasteiger partial charge in [-0.3, -0.25) is 4.79 Å². The van der Waals surface area contributed by atoms with Crippen LogP contribution in [0.1, 0.15) is 91.5 Å². The van der Waals surface area contributed by atoms with Crippen molar-refractivity contribution >= 4 is 12.0 Å². The first kappa shape index (κ1) is 25.1. The van der Waals surface area contributed by atoms with Crippen molar-refractivity contribution in [1.29, 1.82) is 0 Å². The number of carbonyl (C=O) groups excluding carboxylic acids is 1. The van der Waals surface area contributed by atoms with Crippen LogP contribution in [0.3, 0.4) is 0 Å². The molecular weight excluding hydrogens is 430 g/mol. The molecule has 4 aliphatic carbocycles. The fraction of sp³-hybridized carbons (Fsp3) is 0.719. The number of amides is 1. The molecule has 0 spiro atoms. The Kier molecular flexibility index (Phi) is 6.48. The SMILES string of the molecule is C[C@H](NC(=O)/C=C/c1ccccc1)[C@H]1CC[C@]2(C)[C@@H]1CC[C@H]1[C@H]2CC[C@H]2C(C)(C)[C@@H](O)CC[C@]12C. The molecule has 4 saturated carbocycles. The van der Waals surface area contributed by atoms with E-state index in [2.05, 4.69) is 39.9 Å². The van der Waals surface area contributed by atoms with Gasteiger partial charge in [0.15, 0.2) is 0 Å². The lowest BCUT2D eigenvalue weighted by molar-refractivity contribution is -0.184. The van der Waals surface area contributed by atoms with Crippen molar-refractivity contribution in [1.82, 2.24) is 5.32 Å². The molecule has 3 heteroatoms. The third-order valence-electron chi connectivity index (χ3n) is 11.9. The van der Waals surface area contributed by atoms with Crippen LogP contribution in [-0.4, -0.2) is 23.2 Å². The average Bonchev–Trinajstić information content (AvgIpc) is 3.19. The van der Waals surface area contributed by atoms with E-state index in [0.29, 0.717) is 28.6 Å². The maximum Gasteiger partial charge on any atom is 0.244 e. The summed E-state index contributed by atoms with van der Waals surface area (Å²) in [5.74, 6) is 3.52. The van der Waals surface area contributed by atoms with Crippen molar-refractivity contribution in [3.05, 3.63) is 42.0 Å². The first-order valence-corrected chi connectivity index (χ1v) is 14.3. The number of rotatable bonds is 4. The molecule has 4 aliphatic rings. The normalized spacial score (nSPS) is 43.1. The summed E-state index contributed by atoms with van der Waals surface area (Å²) in [5, 5.41) is 14.1. The minimum atomic E-state index is -0.152. The highest BCUT2D eigenvalue weighted by Crippen LogP contribution is 2.70. The second-order valence-electron chi connectivity index (χ2n) is 13.7. The summed E-state index contributed by atoms with van der Waals surface area (Å²) >= 11 is 0. The Bertz CT molecular complexity index is 954. The van der Waals surface area contributed by atoms with Gasteiger partial charge in [0, 0.05) is 12.1 Å². The van der Waals surface area contributed by atoms with Crippen molar-refractivity contribution in [3.63, 3.8) is 0 Å². The van der Waals surface area contributed by atoms with Crippen LogP contribution >= 0.6 is 0 Å². The van der Waals surface area contributed by atoms with E-state index in [9.17, 15) is 9.90 Å². The van der Waals surface area contributed by atoms with Gasteiger partial charge in [-0.1, -0.05) is 58.0 Å². The summed E-state index contributed by atoms with van der Waals surface area (Å²) in [4.78, 5) is 12.7. The van der Waals surface area contributed by atoms with Gasteiger partial charge in [0.1, 0.15) is 0 Å². The molecule has 0 heterocycles. The number of aliphatic hydroxyl groups is 1. The molecule has 1 aromatic rings. The van der Waals surface area contributed by atoms with Crippen LogP contribution in [-0.2, 0) is 4.79 Å². The Morgan fingerprint density at radius 3 is 2.29 bits per heavy atom. The molecule has 0 bridgehead atoms. The van der Waals surface area contributed by atoms with E-state index in [4.69, 9.17) is 0 Å². The molecule has 5 rings (SSSR count). The van der Waals surface area contributed by atoms with Crippen LogP contribution in [0.25, 0.3) is 6.08 Å². The molecule has 4 fully saturated rings. The first-order chi connectivity index (χ1) is 16.6. The van der Waals surface area contributed by atoms with Gasteiger partial charge in [-0.15, -0.1) is 0 Å². The number of hydrogen-bond donors (Lipinski definition) is 2. The summed E-state index contributed by atoms with van der Waals surface area (Å²) in [5.41, 5.74) is 1.84. The van der Waals surface area contributed by atoms with Crippen LogP contribution in [0.15, 0.2) is 36.4 Å². The maximum absolute atomic E-state index is 12.7. The minimum Gasteiger partial charge on any atom is -0.393 e. The quantitative estimate of drug-likeness (QED) is 0.465. The zero-order chi connectivity index (χ0) is 25.0. The number of hydrogen-bond acceptors (Lipinski definition) is 2. The van der Waals surface area contributed by atoms with Gasteiger partial charge < -0.3 is 10.4 Å². The molecule has 35 heavy (non-hydrogen) atoms. The monoisotopic (exact) mass is 477 g/mol. The summed E-state index contributed by atoms with van der Waals surface area (Å²) in [6.45, 7) is 12.1. The molecule has 0 radical (unpaired) electrons. The van der Waals surface area contributed by atoms with Gasteiger partial charge in [0.2, 0.25) is 5.91 Å². The molecule has 1 aromatic carbocycles. The fourth-order valence-corrected chi connectivity index (χ4v) is 9.98. The number of benzene rings is 1. The third kappa shape index (κ3) is 4.10. The van der Waals surface area contributed by atoms with Gasteiger partial charge in [-0.05, 0) is 116 Å². The fourth-order valence-electron chi connectivity index (χ4n) is 9.98. The Labute approximate surface area is 213 Å². The molecule has 9 atom stereocenters. The Hall–Kier alpha value is -1.61. The highest BCUT2D eigenvalue weighted by atomic mass is 16.3. The molecule has 1 amide bonds. The highest BCUT2D eigenvalue weighted by Gasteiger charge is 2.64. The number of fused-ring (bicyclic) bond motifs is 5. The molecule has 0 aromatic heterocycles. The Morgan fingerprint density at radius 2 is 1.54 bits per heavy atom. The smallest absolute Gasteiger partial charge is 0.244 e. The zero-order valence-electron chi connectivity index (χ0n) is 22.6. The number of nitrogens with one attached hydrogen (secondary N) is 1. The predicted octanol–water partition coefficient (Wildman–Crippen LogP) is 6.86. The van der Waals surface area contributed by atoms with E-state index in [1.54, 1.807) is 6.08 Å². The zero-order valence-corrected chi connectivity index (χ0v) is 22.6. The van der Waals surface area contributed by atoms with E-state index >= 15 is 0 Å². The minimum absolute atomic E-state index is 0.0275. The average molecular weight is 478 g/mol. The molecule has 3 nitrogen and oxygen atoms in total. The van der Waals surface area contributed by atoms with Crippen molar-refractivity contribution < 1.29 is 9.90 Å². The number of carbonyl (C=O) groups is 1. The van der Waals surface area contributed by atoms with Crippen molar-refractivity contribution in [3.8, 4) is 0 Å². The largest absolute Gasteiger partial charge is 0.393 e. The molecule has 0 unspecified atom stereocenters. The molecule has 2 N–H and O–H groups in total. The van der Waals surface area contributed by atoms with Gasteiger partial charge in [0.05, 0.1) is 6.10 Å². The third-order valence-corrected chi connectivity index (χ3v) is 11.9. The van der Waals surface area contributed by atoms with Gasteiger partial charge >= 0.3 is 0 Å². The molecule has 0 saturated heterocycles. The predicted molar refractivity (Wildman–Crippen MR) is 143 cm³/mol.